The number of hydrogen-bond acceptors (Lipinski definition) is 6. The first-order chi connectivity index (χ1) is 17.6. The van der Waals surface area contributed by atoms with Crippen LogP contribution < -0.4 is 20.3 Å². The summed E-state index contributed by atoms with van der Waals surface area (Å²) in [5, 5.41) is 9.00. The summed E-state index contributed by atoms with van der Waals surface area (Å²) in [5.41, 5.74) is 14.2. The summed E-state index contributed by atoms with van der Waals surface area (Å²) in [4.78, 5) is 0. The third-order valence-corrected chi connectivity index (χ3v) is 5.82. The molecule has 4 aromatic carbocycles. The van der Waals surface area contributed by atoms with Crippen LogP contribution in [0.1, 0.15) is 25.0 Å². The smallest absolute Gasteiger partial charge is 0.119 e. The standard InChI is InChI=1S/C30H30N4O2/c1-21(31-33-27-13-17-29(35-3)18-14-27)23-5-9-25(10-6-23)26-11-7-24(8-12-26)22(2)32-34-28-15-19-30(36-4)20-16-28/h5-20,33-34H,1-4H3/b31-21+,32-22+. The number of methoxy groups -OCH3 is 2. The molecule has 0 saturated heterocycles. The summed E-state index contributed by atoms with van der Waals surface area (Å²) < 4.78 is 10.4. The van der Waals surface area contributed by atoms with E-state index in [1.54, 1.807) is 14.2 Å². The highest BCUT2D eigenvalue weighted by Gasteiger charge is 2.03. The van der Waals surface area contributed by atoms with Gasteiger partial charge in [0.15, 0.2) is 0 Å². The van der Waals surface area contributed by atoms with E-state index in [0.717, 1.165) is 56.6 Å². The van der Waals surface area contributed by atoms with Gasteiger partial charge in [0.1, 0.15) is 11.5 Å². The number of nitrogens with zero attached hydrogens (tertiary/aromatic N) is 2. The quantitative estimate of drug-likeness (QED) is 0.200. The summed E-state index contributed by atoms with van der Waals surface area (Å²) >= 11 is 0. The van der Waals surface area contributed by atoms with Gasteiger partial charge in [0.2, 0.25) is 0 Å². The number of hydrogen-bond donors (Lipinski definition) is 2. The molecule has 2 N–H and O–H groups in total. The summed E-state index contributed by atoms with van der Waals surface area (Å²) in [6.45, 7) is 3.98. The zero-order valence-corrected chi connectivity index (χ0v) is 20.9. The lowest BCUT2D eigenvalue weighted by molar-refractivity contribution is 0.415. The van der Waals surface area contributed by atoms with E-state index in [4.69, 9.17) is 9.47 Å². The molecule has 0 saturated carbocycles. The predicted octanol–water partition coefficient (Wildman–Crippen LogP) is 7.04. The molecule has 0 unspecified atom stereocenters. The third-order valence-electron chi connectivity index (χ3n) is 5.82. The van der Waals surface area contributed by atoms with E-state index in [0.29, 0.717) is 0 Å². The maximum atomic E-state index is 5.19. The molecule has 0 heterocycles. The SMILES string of the molecule is COc1ccc(N/N=C(\C)c2ccc(-c3ccc(/C(C)=N/Nc4ccc(OC)cc4)cc3)cc2)cc1. The van der Waals surface area contributed by atoms with Crippen LogP contribution in [0.15, 0.2) is 107 Å². The molecule has 6 heteroatoms. The summed E-state index contributed by atoms with van der Waals surface area (Å²) in [6, 6.07) is 32.1. The van der Waals surface area contributed by atoms with Crippen molar-refractivity contribution in [2.45, 2.75) is 13.8 Å². The van der Waals surface area contributed by atoms with Crippen molar-refractivity contribution in [3.05, 3.63) is 108 Å². The van der Waals surface area contributed by atoms with Crippen molar-refractivity contribution in [3.8, 4) is 22.6 Å². The van der Waals surface area contributed by atoms with Gasteiger partial charge in [-0.15, -0.1) is 0 Å². The minimum Gasteiger partial charge on any atom is -0.497 e. The molecule has 0 aromatic heterocycles. The molecule has 0 radical (unpaired) electrons. The second kappa shape index (κ2) is 11.7. The van der Waals surface area contributed by atoms with Crippen LogP contribution in [-0.4, -0.2) is 25.6 Å². The highest BCUT2D eigenvalue weighted by molar-refractivity contribution is 6.00. The largest absolute Gasteiger partial charge is 0.497 e. The van der Waals surface area contributed by atoms with Gasteiger partial charge >= 0.3 is 0 Å². The molecule has 0 fully saturated rings. The van der Waals surface area contributed by atoms with Crippen LogP contribution >= 0.6 is 0 Å². The van der Waals surface area contributed by atoms with E-state index in [1.807, 2.05) is 62.4 Å². The van der Waals surface area contributed by atoms with Gasteiger partial charge in [-0.3, -0.25) is 10.9 Å². The Balaban J connectivity index is 1.38. The van der Waals surface area contributed by atoms with Crippen LogP contribution in [0.25, 0.3) is 11.1 Å². The maximum Gasteiger partial charge on any atom is 0.119 e. The molecule has 36 heavy (non-hydrogen) atoms. The Morgan fingerprint density at radius 1 is 0.500 bits per heavy atom. The van der Waals surface area contributed by atoms with Crippen LogP contribution in [0.2, 0.25) is 0 Å². The van der Waals surface area contributed by atoms with Gasteiger partial charge in [-0.05, 0) is 84.6 Å². The molecule has 0 atom stereocenters. The first-order valence-electron chi connectivity index (χ1n) is 11.7. The Hall–Kier alpha value is -4.58. The van der Waals surface area contributed by atoms with E-state index in [1.165, 1.54) is 0 Å². The van der Waals surface area contributed by atoms with Crippen molar-refractivity contribution in [2.75, 3.05) is 25.1 Å². The molecule has 0 spiro atoms. The predicted molar refractivity (Wildman–Crippen MR) is 150 cm³/mol. The van der Waals surface area contributed by atoms with Gasteiger partial charge in [-0.25, -0.2) is 0 Å². The fraction of sp³-hybridized carbons (Fsp3) is 0.133. The molecule has 0 aliphatic rings. The highest BCUT2D eigenvalue weighted by Crippen LogP contribution is 2.22. The van der Waals surface area contributed by atoms with E-state index < -0.39 is 0 Å². The van der Waals surface area contributed by atoms with Gasteiger partial charge in [0, 0.05) is 0 Å². The Labute approximate surface area is 212 Å². The van der Waals surface area contributed by atoms with E-state index >= 15 is 0 Å². The maximum absolute atomic E-state index is 5.19. The molecule has 4 rings (SSSR count). The summed E-state index contributed by atoms with van der Waals surface area (Å²) in [5.74, 6) is 1.63. The molecule has 0 aliphatic heterocycles. The molecular weight excluding hydrogens is 448 g/mol. The topological polar surface area (TPSA) is 67.2 Å². The molecular formula is C30H30N4O2. The molecule has 182 valence electrons. The summed E-state index contributed by atoms with van der Waals surface area (Å²) in [6.07, 6.45) is 0. The van der Waals surface area contributed by atoms with Gasteiger partial charge in [0.05, 0.1) is 37.0 Å². The number of benzene rings is 4. The van der Waals surface area contributed by atoms with Gasteiger partial charge in [-0.2, -0.15) is 10.2 Å². The van der Waals surface area contributed by atoms with Crippen molar-refractivity contribution >= 4 is 22.8 Å². The average molecular weight is 479 g/mol. The van der Waals surface area contributed by atoms with Gasteiger partial charge < -0.3 is 9.47 Å². The van der Waals surface area contributed by atoms with Crippen LogP contribution in [0.4, 0.5) is 11.4 Å². The van der Waals surface area contributed by atoms with Crippen LogP contribution in [0.5, 0.6) is 11.5 Å². The van der Waals surface area contributed by atoms with E-state index in [9.17, 15) is 0 Å². The van der Waals surface area contributed by atoms with E-state index in [2.05, 4.69) is 69.6 Å². The highest BCUT2D eigenvalue weighted by atomic mass is 16.5. The minimum atomic E-state index is 0.817. The van der Waals surface area contributed by atoms with Gasteiger partial charge in [0.25, 0.3) is 0 Å². The normalized spacial score (nSPS) is 11.7. The number of ether oxygens (including phenoxy) is 2. The summed E-state index contributed by atoms with van der Waals surface area (Å²) in [7, 11) is 3.31. The number of rotatable bonds is 9. The first-order valence-corrected chi connectivity index (χ1v) is 11.7. The second-order valence-corrected chi connectivity index (χ2v) is 8.23. The molecule has 0 amide bonds. The molecule has 4 aromatic rings. The Kier molecular flexibility index (Phi) is 7.98. The molecule has 6 nitrogen and oxygen atoms in total. The lowest BCUT2D eigenvalue weighted by atomic mass is 10.0. The lowest BCUT2D eigenvalue weighted by Crippen LogP contribution is -2.00. The van der Waals surface area contributed by atoms with Crippen LogP contribution in [0, 0.1) is 0 Å². The fourth-order valence-electron chi connectivity index (χ4n) is 3.56. The van der Waals surface area contributed by atoms with Gasteiger partial charge in [-0.1, -0.05) is 48.5 Å². The lowest BCUT2D eigenvalue weighted by Gasteiger charge is -2.08. The monoisotopic (exact) mass is 478 g/mol. The Morgan fingerprint density at radius 2 is 0.833 bits per heavy atom. The van der Waals surface area contributed by atoms with Crippen molar-refractivity contribution in [3.63, 3.8) is 0 Å². The van der Waals surface area contributed by atoms with Crippen molar-refractivity contribution < 1.29 is 9.47 Å². The third kappa shape index (κ3) is 6.30. The Bertz CT molecular complexity index is 1220. The van der Waals surface area contributed by atoms with Crippen molar-refractivity contribution in [1.29, 1.82) is 0 Å². The average Bonchev–Trinajstić information content (AvgIpc) is 2.95. The number of hydrazone groups is 2. The van der Waals surface area contributed by atoms with E-state index in [-0.39, 0.29) is 0 Å². The fourth-order valence-corrected chi connectivity index (χ4v) is 3.56. The number of anilines is 2. The van der Waals surface area contributed by atoms with Crippen molar-refractivity contribution in [2.24, 2.45) is 10.2 Å². The van der Waals surface area contributed by atoms with Crippen molar-refractivity contribution in [1.82, 2.24) is 0 Å². The van der Waals surface area contributed by atoms with Crippen LogP contribution in [-0.2, 0) is 0 Å². The number of nitrogens with one attached hydrogen (secondary N) is 2. The molecule has 0 bridgehead atoms. The zero-order valence-electron chi connectivity index (χ0n) is 20.9. The molecule has 0 aliphatic carbocycles. The van der Waals surface area contributed by atoms with Crippen LogP contribution in [0.3, 0.4) is 0 Å². The second-order valence-electron chi connectivity index (χ2n) is 8.23. The Morgan fingerprint density at radius 3 is 1.14 bits per heavy atom. The zero-order chi connectivity index (χ0) is 25.3. The minimum absolute atomic E-state index is 0.817. The first kappa shape index (κ1) is 24.5.